The summed E-state index contributed by atoms with van der Waals surface area (Å²) >= 11 is 6.02. The van der Waals surface area contributed by atoms with E-state index >= 15 is 0 Å². The molecule has 0 unspecified atom stereocenters. The first-order valence-corrected chi connectivity index (χ1v) is 7.78. The van der Waals surface area contributed by atoms with Crippen molar-refractivity contribution in [3.8, 4) is 0 Å². The van der Waals surface area contributed by atoms with Gasteiger partial charge >= 0.3 is 0 Å². The van der Waals surface area contributed by atoms with Gasteiger partial charge in [-0.05, 0) is 36.8 Å². The lowest BCUT2D eigenvalue weighted by molar-refractivity contribution is -0.115. The molecular formula is C16H23ClN2O. The molecule has 0 radical (unpaired) electrons. The Morgan fingerprint density at radius 1 is 1.30 bits per heavy atom. The Balaban J connectivity index is 1.77. The number of hydrogen-bond acceptors (Lipinski definition) is 2. The Hall–Kier alpha value is -1.06. The van der Waals surface area contributed by atoms with Gasteiger partial charge in [0, 0.05) is 6.54 Å². The van der Waals surface area contributed by atoms with Gasteiger partial charge in [-0.2, -0.15) is 0 Å². The highest BCUT2D eigenvalue weighted by Crippen LogP contribution is 2.40. The lowest BCUT2D eigenvalue weighted by atomic mass is 9.83. The van der Waals surface area contributed by atoms with E-state index in [1.807, 2.05) is 18.2 Å². The van der Waals surface area contributed by atoms with Crippen LogP contribution in [-0.4, -0.2) is 19.0 Å². The highest BCUT2D eigenvalue weighted by atomic mass is 35.5. The summed E-state index contributed by atoms with van der Waals surface area (Å²) in [6, 6.07) is 7.29. The maximum Gasteiger partial charge on any atom is 0.238 e. The van der Waals surface area contributed by atoms with E-state index in [1.165, 1.54) is 32.1 Å². The summed E-state index contributed by atoms with van der Waals surface area (Å²) in [7, 11) is 0. The normalized spacial score (nSPS) is 17.1. The van der Waals surface area contributed by atoms with Crippen LogP contribution in [0.1, 0.15) is 39.0 Å². The van der Waals surface area contributed by atoms with Crippen molar-refractivity contribution in [1.82, 2.24) is 5.32 Å². The molecule has 1 aromatic carbocycles. The van der Waals surface area contributed by atoms with Crippen molar-refractivity contribution >= 4 is 23.2 Å². The van der Waals surface area contributed by atoms with E-state index in [9.17, 15) is 4.79 Å². The van der Waals surface area contributed by atoms with Crippen LogP contribution in [0.5, 0.6) is 0 Å². The fraction of sp³-hybridized carbons (Fsp3) is 0.562. The predicted octanol–water partition coefficient (Wildman–Crippen LogP) is 3.84. The number of amides is 1. The van der Waals surface area contributed by atoms with Gasteiger partial charge in [0.15, 0.2) is 0 Å². The van der Waals surface area contributed by atoms with Crippen LogP contribution in [0.4, 0.5) is 5.69 Å². The topological polar surface area (TPSA) is 41.1 Å². The van der Waals surface area contributed by atoms with Crippen molar-refractivity contribution in [1.29, 1.82) is 0 Å². The van der Waals surface area contributed by atoms with Crippen LogP contribution in [0.3, 0.4) is 0 Å². The third kappa shape index (κ3) is 3.97. The van der Waals surface area contributed by atoms with E-state index in [2.05, 4.69) is 17.6 Å². The van der Waals surface area contributed by atoms with Crippen molar-refractivity contribution in [2.24, 2.45) is 5.41 Å². The second-order valence-electron chi connectivity index (χ2n) is 5.69. The molecule has 1 aliphatic carbocycles. The first-order chi connectivity index (χ1) is 9.65. The van der Waals surface area contributed by atoms with E-state index in [0.29, 0.717) is 22.7 Å². The van der Waals surface area contributed by atoms with Gasteiger partial charge in [-0.15, -0.1) is 0 Å². The maximum absolute atomic E-state index is 11.9. The minimum absolute atomic E-state index is 0.0395. The molecule has 0 aliphatic heterocycles. The predicted molar refractivity (Wildman–Crippen MR) is 84.1 cm³/mol. The monoisotopic (exact) mass is 294 g/mol. The molecule has 1 amide bonds. The number of carbonyl (C=O) groups excluding carboxylic acids is 1. The minimum atomic E-state index is -0.0395. The summed E-state index contributed by atoms with van der Waals surface area (Å²) in [5, 5.41) is 6.71. The van der Waals surface area contributed by atoms with E-state index in [0.717, 1.165) is 6.54 Å². The molecule has 110 valence electrons. The molecule has 0 aromatic heterocycles. The van der Waals surface area contributed by atoms with Crippen molar-refractivity contribution < 1.29 is 4.79 Å². The lowest BCUT2D eigenvalue weighted by Crippen LogP contribution is -2.36. The summed E-state index contributed by atoms with van der Waals surface area (Å²) in [4.78, 5) is 11.9. The fourth-order valence-corrected chi connectivity index (χ4v) is 3.16. The molecule has 1 aliphatic rings. The van der Waals surface area contributed by atoms with E-state index in [-0.39, 0.29) is 5.91 Å². The summed E-state index contributed by atoms with van der Waals surface area (Å²) in [6.07, 6.45) is 6.39. The summed E-state index contributed by atoms with van der Waals surface area (Å²) in [6.45, 7) is 3.52. The van der Waals surface area contributed by atoms with Gasteiger partial charge in [0.25, 0.3) is 0 Å². The van der Waals surface area contributed by atoms with Crippen molar-refractivity contribution in [2.75, 3.05) is 18.4 Å². The van der Waals surface area contributed by atoms with Gasteiger partial charge in [0.05, 0.1) is 17.3 Å². The van der Waals surface area contributed by atoms with E-state index in [1.54, 1.807) is 6.07 Å². The summed E-state index contributed by atoms with van der Waals surface area (Å²) in [5.41, 5.74) is 1.08. The second kappa shape index (κ2) is 7.09. The average molecular weight is 295 g/mol. The van der Waals surface area contributed by atoms with Crippen LogP contribution < -0.4 is 10.6 Å². The number of para-hydroxylation sites is 1. The first kappa shape index (κ1) is 15.3. The number of hydrogen-bond donors (Lipinski definition) is 2. The first-order valence-electron chi connectivity index (χ1n) is 7.40. The molecule has 1 fully saturated rings. The summed E-state index contributed by atoms with van der Waals surface area (Å²) in [5.74, 6) is -0.0395. The zero-order valence-electron chi connectivity index (χ0n) is 12.0. The van der Waals surface area contributed by atoms with Gasteiger partial charge in [-0.3, -0.25) is 4.79 Å². The van der Waals surface area contributed by atoms with Gasteiger partial charge in [0.2, 0.25) is 5.91 Å². The van der Waals surface area contributed by atoms with Crippen LogP contribution in [0.15, 0.2) is 24.3 Å². The molecule has 0 bridgehead atoms. The number of nitrogens with one attached hydrogen (secondary N) is 2. The maximum atomic E-state index is 11.9. The standard InChI is InChI=1S/C16H23ClN2O/c1-2-16(9-5-6-10-16)12-18-11-15(20)19-14-8-4-3-7-13(14)17/h3-4,7-8,18H,2,5-6,9-12H2,1H3,(H,19,20). The summed E-state index contributed by atoms with van der Waals surface area (Å²) < 4.78 is 0. The quantitative estimate of drug-likeness (QED) is 0.837. The van der Waals surface area contributed by atoms with Gasteiger partial charge in [-0.1, -0.05) is 43.5 Å². The fourth-order valence-electron chi connectivity index (χ4n) is 2.98. The van der Waals surface area contributed by atoms with Crippen molar-refractivity contribution in [3.05, 3.63) is 29.3 Å². The number of rotatable bonds is 6. The molecule has 2 rings (SSSR count). The average Bonchev–Trinajstić information content (AvgIpc) is 2.91. The van der Waals surface area contributed by atoms with Crippen LogP contribution in [0, 0.1) is 5.41 Å². The molecule has 4 heteroatoms. The lowest BCUT2D eigenvalue weighted by Gasteiger charge is -2.27. The molecule has 0 spiro atoms. The smallest absolute Gasteiger partial charge is 0.238 e. The molecule has 0 heterocycles. The molecular weight excluding hydrogens is 272 g/mol. The minimum Gasteiger partial charge on any atom is -0.324 e. The molecule has 0 atom stereocenters. The third-order valence-corrected chi connectivity index (χ3v) is 4.68. The molecule has 2 N–H and O–H groups in total. The van der Waals surface area contributed by atoms with E-state index < -0.39 is 0 Å². The zero-order valence-corrected chi connectivity index (χ0v) is 12.8. The molecule has 1 saturated carbocycles. The van der Waals surface area contributed by atoms with E-state index in [4.69, 9.17) is 11.6 Å². The number of benzene rings is 1. The van der Waals surface area contributed by atoms with Gasteiger partial charge in [-0.25, -0.2) is 0 Å². The zero-order chi connectivity index (χ0) is 14.4. The third-order valence-electron chi connectivity index (χ3n) is 4.35. The molecule has 20 heavy (non-hydrogen) atoms. The Labute approximate surface area is 126 Å². The number of anilines is 1. The van der Waals surface area contributed by atoms with Gasteiger partial charge in [0.1, 0.15) is 0 Å². The number of halogens is 1. The van der Waals surface area contributed by atoms with Crippen molar-refractivity contribution in [3.63, 3.8) is 0 Å². The van der Waals surface area contributed by atoms with Crippen LogP contribution in [0.2, 0.25) is 5.02 Å². The number of carbonyl (C=O) groups is 1. The Morgan fingerprint density at radius 2 is 2.00 bits per heavy atom. The largest absolute Gasteiger partial charge is 0.324 e. The molecule has 0 saturated heterocycles. The van der Waals surface area contributed by atoms with Crippen LogP contribution in [-0.2, 0) is 4.79 Å². The molecule has 1 aromatic rings. The van der Waals surface area contributed by atoms with Crippen molar-refractivity contribution in [2.45, 2.75) is 39.0 Å². The SMILES string of the molecule is CCC1(CNCC(=O)Nc2ccccc2Cl)CCCC1. The highest BCUT2D eigenvalue weighted by Gasteiger charge is 2.31. The second-order valence-corrected chi connectivity index (χ2v) is 6.10. The molecule has 3 nitrogen and oxygen atoms in total. The Bertz CT molecular complexity index is 456. The Kier molecular flexibility index (Phi) is 5.44. The van der Waals surface area contributed by atoms with Crippen LogP contribution in [0.25, 0.3) is 0 Å². The Morgan fingerprint density at radius 3 is 2.65 bits per heavy atom. The van der Waals surface area contributed by atoms with Gasteiger partial charge < -0.3 is 10.6 Å². The van der Waals surface area contributed by atoms with Crippen LogP contribution >= 0.6 is 11.6 Å². The highest BCUT2D eigenvalue weighted by molar-refractivity contribution is 6.33.